The smallest absolute Gasteiger partial charge is 0.309 e. The van der Waals surface area contributed by atoms with Crippen molar-refractivity contribution in [3.8, 4) is 0 Å². The zero-order valence-corrected chi connectivity index (χ0v) is 23.0. The SMILES string of the molecule is CC(=O)O[C@@H]1C[C@@H]2C(COC(=O)CC(C)C)=CO[C@@H](OC(=O)CC(C)C)[C@H]2[C@]1(O)COC(=O)CC(C)C. The van der Waals surface area contributed by atoms with E-state index in [1.54, 1.807) is 0 Å². The predicted molar refractivity (Wildman–Crippen MR) is 131 cm³/mol. The number of carbonyl (C=O) groups excluding carboxylic acids is 4. The van der Waals surface area contributed by atoms with Crippen LogP contribution in [0.3, 0.4) is 0 Å². The van der Waals surface area contributed by atoms with Gasteiger partial charge in [0.15, 0.2) is 0 Å². The summed E-state index contributed by atoms with van der Waals surface area (Å²) in [6, 6.07) is 0. The second-order valence-electron chi connectivity index (χ2n) is 11.3. The molecule has 1 fully saturated rings. The summed E-state index contributed by atoms with van der Waals surface area (Å²) in [6.07, 6.45) is -0.270. The van der Waals surface area contributed by atoms with E-state index in [9.17, 15) is 24.3 Å². The molecule has 0 spiro atoms. The molecule has 0 aromatic carbocycles. The molecule has 10 nitrogen and oxygen atoms in total. The summed E-state index contributed by atoms with van der Waals surface area (Å²) in [5.41, 5.74) is -1.37. The maximum absolute atomic E-state index is 12.5. The van der Waals surface area contributed by atoms with Gasteiger partial charge in [-0.25, -0.2) is 0 Å². The first-order valence-electron chi connectivity index (χ1n) is 13.0. The lowest BCUT2D eigenvalue weighted by Crippen LogP contribution is -2.55. The summed E-state index contributed by atoms with van der Waals surface area (Å²) in [7, 11) is 0. The Hall–Kier alpha value is -2.62. The molecule has 37 heavy (non-hydrogen) atoms. The molecule has 1 heterocycles. The first kappa shape index (κ1) is 30.6. The van der Waals surface area contributed by atoms with E-state index in [0.717, 1.165) is 0 Å². The largest absolute Gasteiger partial charge is 0.462 e. The minimum Gasteiger partial charge on any atom is -0.462 e. The van der Waals surface area contributed by atoms with Crippen molar-refractivity contribution in [1.82, 2.24) is 0 Å². The molecule has 2 rings (SSSR count). The molecule has 0 aromatic heterocycles. The molecule has 0 amide bonds. The molecule has 1 aliphatic heterocycles. The number of hydrogen-bond acceptors (Lipinski definition) is 10. The van der Waals surface area contributed by atoms with Crippen molar-refractivity contribution in [1.29, 1.82) is 0 Å². The van der Waals surface area contributed by atoms with Crippen LogP contribution in [0.1, 0.15) is 74.1 Å². The quantitative estimate of drug-likeness (QED) is 0.298. The van der Waals surface area contributed by atoms with Gasteiger partial charge in [-0.2, -0.15) is 0 Å². The van der Waals surface area contributed by atoms with Gasteiger partial charge in [0.2, 0.25) is 6.29 Å². The Morgan fingerprint density at radius 3 is 2.00 bits per heavy atom. The summed E-state index contributed by atoms with van der Waals surface area (Å²) < 4.78 is 27.7. The second kappa shape index (κ2) is 13.3. The zero-order valence-electron chi connectivity index (χ0n) is 23.0. The fourth-order valence-corrected chi connectivity index (χ4v) is 4.72. The van der Waals surface area contributed by atoms with Crippen LogP contribution in [0.25, 0.3) is 0 Å². The van der Waals surface area contributed by atoms with E-state index in [2.05, 4.69) is 0 Å². The maximum atomic E-state index is 12.5. The van der Waals surface area contributed by atoms with Gasteiger partial charge in [-0.05, 0) is 24.2 Å². The highest BCUT2D eigenvalue weighted by Crippen LogP contribution is 2.50. The molecule has 2 aliphatic rings. The molecule has 1 N–H and O–H groups in total. The van der Waals surface area contributed by atoms with E-state index < -0.39 is 54.3 Å². The van der Waals surface area contributed by atoms with E-state index in [4.69, 9.17) is 23.7 Å². The Morgan fingerprint density at radius 1 is 0.919 bits per heavy atom. The average Bonchev–Trinajstić information content (AvgIpc) is 3.02. The maximum Gasteiger partial charge on any atom is 0.309 e. The molecule has 0 unspecified atom stereocenters. The normalized spacial score (nSPS) is 26.8. The predicted octanol–water partition coefficient (Wildman–Crippen LogP) is 3.29. The molecule has 1 aliphatic carbocycles. The zero-order chi connectivity index (χ0) is 27.9. The summed E-state index contributed by atoms with van der Waals surface area (Å²) >= 11 is 0. The number of hydrogen-bond donors (Lipinski definition) is 1. The lowest BCUT2D eigenvalue weighted by Gasteiger charge is -2.40. The fourth-order valence-electron chi connectivity index (χ4n) is 4.72. The molecule has 0 saturated heterocycles. The molecule has 0 aromatic rings. The van der Waals surface area contributed by atoms with Crippen molar-refractivity contribution in [2.24, 2.45) is 29.6 Å². The number of fused-ring (bicyclic) bond motifs is 1. The molecule has 1 saturated carbocycles. The Balaban J connectivity index is 2.37. The van der Waals surface area contributed by atoms with Crippen molar-refractivity contribution in [2.45, 2.75) is 92.1 Å². The van der Waals surface area contributed by atoms with Gasteiger partial charge in [0.05, 0.1) is 12.2 Å². The van der Waals surface area contributed by atoms with Crippen molar-refractivity contribution in [3.63, 3.8) is 0 Å². The summed E-state index contributed by atoms with van der Waals surface area (Å²) in [5.74, 6) is -3.33. The van der Waals surface area contributed by atoms with Crippen molar-refractivity contribution >= 4 is 23.9 Å². The number of carbonyl (C=O) groups is 4. The third-order valence-electron chi connectivity index (χ3n) is 6.30. The van der Waals surface area contributed by atoms with E-state index >= 15 is 0 Å². The second-order valence-corrected chi connectivity index (χ2v) is 11.3. The minimum absolute atomic E-state index is 0.0339. The van der Waals surface area contributed by atoms with Gasteiger partial charge in [-0.3, -0.25) is 19.2 Å². The fraction of sp³-hybridized carbons (Fsp3) is 0.778. The van der Waals surface area contributed by atoms with Gasteiger partial charge in [-0.1, -0.05) is 41.5 Å². The molecule has 5 atom stereocenters. The Bertz CT molecular complexity index is 861. The molecule has 10 heteroatoms. The highest BCUT2D eigenvalue weighted by molar-refractivity contribution is 5.71. The molecular formula is C27H42O10. The molecule has 0 radical (unpaired) electrons. The van der Waals surface area contributed by atoms with Crippen LogP contribution < -0.4 is 0 Å². The minimum atomic E-state index is -1.91. The van der Waals surface area contributed by atoms with Crippen molar-refractivity contribution in [3.05, 3.63) is 11.8 Å². The first-order valence-corrected chi connectivity index (χ1v) is 13.0. The van der Waals surface area contributed by atoms with E-state index in [-0.39, 0.29) is 56.0 Å². The molecular weight excluding hydrogens is 484 g/mol. The van der Waals surface area contributed by atoms with Crippen LogP contribution in [0.15, 0.2) is 11.8 Å². The lowest BCUT2D eigenvalue weighted by atomic mass is 9.80. The Morgan fingerprint density at radius 2 is 1.46 bits per heavy atom. The summed E-state index contributed by atoms with van der Waals surface area (Å²) in [4.78, 5) is 48.9. The Kier molecular flexibility index (Phi) is 11.0. The number of aliphatic hydroxyl groups is 1. The van der Waals surface area contributed by atoms with E-state index in [1.807, 2.05) is 41.5 Å². The van der Waals surface area contributed by atoms with Crippen LogP contribution in [-0.2, 0) is 42.9 Å². The molecule has 210 valence electrons. The summed E-state index contributed by atoms with van der Waals surface area (Å²) in [5, 5.41) is 11.9. The van der Waals surface area contributed by atoms with Crippen molar-refractivity contribution in [2.75, 3.05) is 13.2 Å². The van der Waals surface area contributed by atoms with Crippen LogP contribution >= 0.6 is 0 Å². The standard InChI is InChI=1S/C27H42O10/c1-15(2)8-22(29)33-12-19-13-34-26(37-24(31)10-17(5)6)25-20(19)11-21(36-18(7)28)27(25,32)14-35-23(30)9-16(3)4/h13,15-17,20-21,25-26,32H,8-12,14H2,1-7H3/t20-,21-,25+,26+,27+/m1/s1. The van der Waals surface area contributed by atoms with E-state index in [0.29, 0.717) is 5.57 Å². The van der Waals surface area contributed by atoms with Crippen LogP contribution in [0.5, 0.6) is 0 Å². The average molecular weight is 527 g/mol. The van der Waals surface area contributed by atoms with Gasteiger partial charge >= 0.3 is 23.9 Å². The van der Waals surface area contributed by atoms with Gasteiger partial charge in [0.1, 0.15) is 24.9 Å². The highest BCUT2D eigenvalue weighted by Gasteiger charge is 2.63. The van der Waals surface area contributed by atoms with Crippen molar-refractivity contribution < 1.29 is 48.0 Å². The van der Waals surface area contributed by atoms with Crippen LogP contribution in [0.2, 0.25) is 0 Å². The van der Waals surface area contributed by atoms with E-state index in [1.165, 1.54) is 13.2 Å². The summed E-state index contributed by atoms with van der Waals surface area (Å²) in [6.45, 7) is 11.9. The highest BCUT2D eigenvalue weighted by atomic mass is 16.7. The number of ether oxygens (including phenoxy) is 5. The van der Waals surface area contributed by atoms with Gasteiger partial charge in [-0.15, -0.1) is 0 Å². The van der Waals surface area contributed by atoms with Crippen LogP contribution in [-0.4, -0.2) is 60.2 Å². The lowest BCUT2D eigenvalue weighted by molar-refractivity contribution is -0.225. The topological polar surface area (TPSA) is 135 Å². The number of esters is 4. The third kappa shape index (κ3) is 8.72. The van der Waals surface area contributed by atoms with Gasteiger partial charge in [0.25, 0.3) is 0 Å². The first-order chi connectivity index (χ1) is 17.2. The van der Waals surface area contributed by atoms with Crippen LogP contribution in [0, 0.1) is 29.6 Å². The van der Waals surface area contributed by atoms with Gasteiger partial charge < -0.3 is 28.8 Å². The van der Waals surface area contributed by atoms with Crippen LogP contribution in [0.4, 0.5) is 0 Å². The Labute approximate surface area is 219 Å². The monoisotopic (exact) mass is 526 g/mol. The number of rotatable bonds is 12. The van der Waals surface area contributed by atoms with Gasteiger partial charge in [0, 0.05) is 37.7 Å². The molecule has 0 bridgehead atoms. The third-order valence-corrected chi connectivity index (χ3v) is 6.30.